The van der Waals surface area contributed by atoms with Gasteiger partial charge in [-0.3, -0.25) is 4.79 Å². The van der Waals surface area contributed by atoms with Crippen molar-refractivity contribution >= 4 is 17.3 Å². The lowest BCUT2D eigenvalue weighted by Gasteiger charge is -2.55. The van der Waals surface area contributed by atoms with E-state index >= 15 is 0 Å². The van der Waals surface area contributed by atoms with Gasteiger partial charge in [-0.25, -0.2) is 0 Å². The number of benzene rings is 1. The summed E-state index contributed by atoms with van der Waals surface area (Å²) in [6, 6.07) is 6.66. The minimum absolute atomic E-state index is 0.0754. The third kappa shape index (κ3) is 1.81. The fourth-order valence-corrected chi connectivity index (χ4v) is 5.46. The van der Waals surface area contributed by atoms with Gasteiger partial charge in [0.25, 0.3) is 0 Å². The van der Waals surface area contributed by atoms with Gasteiger partial charge in [-0.05, 0) is 41.4 Å². The lowest BCUT2D eigenvalue weighted by molar-refractivity contribution is -0.111. The molecule has 1 saturated carbocycles. The van der Waals surface area contributed by atoms with Gasteiger partial charge < -0.3 is 10.3 Å². The Morgan fingerprint density at radius 2 is 2.12 bits per heavy atom. The topological polar surface area (TPSA) is 44.9 Å². The van der Waals surface area contributed by atoms with Crippen molar-refractivity contribution in [1.82, 2.24) is 10.3 Å². The molecule has 4 atom stereocenters. The van der Waals surface area contributed by atoms with E-state index < -0.39 is 0 Å². The number of fused-ring (bicyclic) bond motifs is 2. The molecule has 0 bridgehead atoms. The maximum atomic E-state index is 11.4. The van der Waals surface area contributed by atoms with Crippen LogP contribution in [0.3, 0.4) is 0 Å². The lowest BCUT2D eigenvalue weighted by atomic mass is 9.51. The molecule has 0 unspecified atom stereocenters. The van der Waals surface area contributed by atoms with Crippen LogP contribution in [0.2, 0.25) is 0 Å². The third-order valence-corrected chi connectivity index (χ3v) is 6.93. The van der Waals surface area contributed by atoms with Crippen molar-refractivity contribution in [2.75, 3.05) is 0 Å². The number of nitrogens with one attached hydrogen (secondary N) is 2. The van der Waals surface area contributed by atoms with E-state index in [0.717, 1.165) is 19.3 Å². The molecule has 1 heterocycles. The average molecular weight is 322 g/mol. The predicted molar refractivity (Wildman–Crippen MR) is 98.1 cm³/mol. The van der Waals surface area contributed by atoms with Crippen LogP contribution in [0.15, 0.2) is 37.1 Å². The highest BCUT2D eigenvalue weighted by Crippen LogP contribution is 2.58. The number of amides is 1. The van der Waals surface area contributed by atoms with Crippen molar-refractivity contribution in [3.05, 3.63) is 48.2 Å². The first kappa shape index (κ1) is 15.5. The first-order valence-corrected chi connectivity index (χ1v) is 8.88. The number of hydrogen-bond donors (Lipinski definition) is 2. The number of carbonyl (C=O) groups is 1. The minimum atomic E-state index is -0.0754. The molecular weight excluding hydrogens is 296 g/mol. The normalized spacial score (nSPS) is 33.7. The quantitative estimate of drug-likeness (QED) is 0.643. The molecule has 1 amide bonds. The van der Waals surface area contributed by atoms with E-state index in [1.54, 1.807) is 0 Å². The number of aromatic nitrogens is 1. The molecule has 0 saturated heterocycles. The molecule has 2 aromatic rings. The minimum Gasteiger partial charge on any atom is -0.361 e. The van der Waals surface area contributed by atoms with E-state index in [4.69, 9.17) is 0 Å². The molecule has 126 valence electrons. The molecule has 2 N–H and O–H groups in total. The van der Waals surface area contributed by atoms with Crippen LogP contribution < -0.4 is 5.32 Å². The van der Waals surface area contributed by atoms with Crippen LogP contribution in [0.4, 0.5) is 0 Å². The van der Waals surface area contributed by atoms with Gasteiger partial charge in [-0.2, -0.15) is 0 Å². The number of carbonyl (C=O) groups excluding carboxylic acids is 1. The Balaban J connectivity index is 1.99. The summed E-state index contributed by atoms with van der Waals surface area (Å²) in [7, 11) is 0. The molecule has 3 heteroatoms. The van der Waals surface area contributed by atoms with Gasteiger partial charge in [-0.15, -0.1) is 6.58 Å². The van der Waals surface area contributed by atoms with Crippen molar-refractivity contribution in [2.24, 2.45) is 11.3 Å². The van der Waals surface area contributed by atoms with E-state index in [0.29, 0.717) is 11.8 Å². The summed E-state index contributed by atoms with van der Waals surface area (Å²) in [5.41, 5.74) is 4.00. The van der Waals surface area contributed by atoms with Crippen molar-refractivity contribution in [1.29, 1.82) is 0 Å². The van der Waals surface area contributed by atoms with Gasteiger partial charge >= 0.3 is 0 Å². The standard InChI is InChI=1S/C21H26N2O/c1-5-21(4)10-9-15-18(19(21)23-12-24)13-11-22-16-8-6-7-14(17(13)16)20(15,2)3/h5-8,11-12,15,18-19,22H,1,9-10H2,2-4H3,(H,23,24)/t15-,18+,19+,21-/m0/s1. The van der Waals surface area contributed by atoms with Gasteiger partial charge in [0.2, 0.25) is 6.41 Å². The maximum absolute atomic E-state index is 11.4. The lowest BCUT2D eigenvalue weighted by Crippen LogP contribution is -2.55. The van der Waals surface area contributed by atoms with Crippen molar-refractivity contribution in [2.45, 2.75) is 51.0 Å². The third-order valence-electron chi connectivity index (χ3n) is 6.93. The summed E-state index contributed by atoms with van der Waals surface area (Å²) in [4.78, 5) is 14.8. The van der Waals surface area contributed by atoms with Crippen molar-refractivity contribution in [3.8, 4) is 0 Å². The average Bonchev–Trinajstić information content (AvgIpc) is 2.99. The summed E-state index contributed by atoms with van der Waals surface area (Å²) in [5.74, 6) is 0.822. The Hall–Kier alpha value is -2.03. The predicted octanol–water partition coefficient (Wildman–Crippen LogP) is 4.26. The highest BCUT2D eigenvalue weighted by atomic mass is 16.1. The van der Waals surface area contributed by atoms with E-state index in [1.807, 2.05) is 6.08 Å². The Morgan fingerprint density at radius 1 is 1.33 bits per heavy atom. The van der Waals surface area contributed by atoms with Gasteiger partial charge in [0.1, 0.15) is 0 Å². The molecule has 1 aromatic heterocycles. The molecular formula is C21H26N2O. The number of rotatable bonds is 3. The van der Waals surface area contributed by atoms with Gasteiger partial charge in [-0.1, -0.05) is 39.0 Å². The van der Waals surface area contributed by atoms with Crippen LogP contribution in [-0.4, -0.2) is 17.4 Å². The number of hydrogen-bond acceptors (Lipinski definition) is 1. The van der Waals surface area contributed by atoms with Crippen LogP contribution in [-0.2, 0) is 10.2 Å². The second-order valence-corrected chi connectivity index (χ2v) is 8.34. The molecule has 0 radical (unpaired) electrons. The SMILES string of the molecule is C=C[C@@]1(C)CC[C@H]2[C@@H](c3c[nH]c4cccc(c34)C2(C)C)[C@H]1NC=O. The smallest absolute Gasteiger partial charge is 0.207 e. The Morgan fingerprint density at radius 3 is 2.83 bits per heavy atom. The van der Waals surface area contributed by atoms with Gasteiger partial charge in [0.05, 0.1) is 0 Å². The summed E-state index contributed by atoms with van der Waals surface area (Å²) < 4.78 is 0. The fraction of sp³-hybridized carbons (Fsp3) is 0.476. The molecule has 0 spiro atoms. The molecule has 1 aromatic carbocycles. The van der Waals surface area contributed by atoms with Crippen LogP contribution in [0.1, 0.15) is 50.7 Å². The zero-order chi connectivity index (χ0) is 17.1. The summed E-state index contributed by atoms with van der Waals surface area (Å²) in [6.45, 7) is 11.0. The Bertz CT molecular complexity index is 818. The van der Waals surface area contributed by atoms with Crippen molar-refractivity contribution in [3.63, 3.8) is 0 Å². The van der Waals surface area contributed by atoms with Crippen LogP contribution in [0.25, 0.3) is 10.9 Å². The first-order chi connectivity index (χ1) is 11.4. The second-order valence-electron chi connectivity index (χ2n) is 8.34. The molecule has 2 aliphatic rings. The molecule has 1 fully saturated rings. The zero-order valence-electron chi connectivity index (χ0n) is 14.7. The summed E-state index contributed by atoms with van der Waals surface area (Å²) in [6.07, 6.45) is 7.28. The Labute approximate surface area is 143 Å². The molecule has 4 rings (SSSR count). The van der Waals surface area contributed by atoms with Crippen LogP contribution in [0, 0.1) is 11.3 Å². The highest BCUT2D eigenvalue weighted by molar-refractivity contribution is 5.89. The maximum Gasteiger partial charge on any atom is 0.207 e. The molecule has 3 nitrogen and oxygen atoms in total. The molecule has 24 heavy (non-hydrogen) atoms. The second kappa shape index (κ2) is 4.98. The largest absolute Gasteiger partial charge is 0.361 e. The summed E-state index contributed by atoms with van der Waals surface area (Å²) >= 11 is 0. The zero-order valence-corrected chi connectivity index (χ0v) is 14.7. The Kier molecular flexibility index (Phi) is 3.22. The first-order valence-electron chi connectivity index (χ1n) is 8.88. The summed E-state index contributed by atoms with van der Waals surface area (Å²) in [5, 5.41) is 4.52. The van der Waals surface area contributed by atoms with Crippen LogP contribution >= 0.6 is 0 Å². The monoisotopic (exact) mass is 322 g/mol. The van der Waals surface area contributed by atoms with Crippen LogP contribution in [0.5, 0.6) is 0 Å². The molecule has 0 aliphatic heterocycles. The van der Waals surface area contributed by atoms with E-state index in [1.165, 1.54) is 22.0 Å². The van der Waals surface area contributed by atoms with Crippen molar-refractivity contribution < 1.29 is 4.79 Å². The fourth-order valence-electron chi connectivity index (χ4n) is 5.46. The molecule has 2 aliphatic carbocycles. The van der Waals surface area contributed by atoms with E-state index in [-0.39, 0.29) is 16.9 Å². The number of aromatic amines is 1. The van der Waals surface area contributed by atoms with Gasteiger partial charge in [0, 0.05) is 34.5 Å². The van der Waals surface area contributed by atoms with E-state index in [9.17, 15) is 4.79 Å². The van der Waals surface area contributed by atoms with Gasteiger partial charge in [0.15, 0.2) is 0 Å². The number of H-pyrrole nitrogens is 1. The highest BCUT2D eigenvalue weighted by Gasteiger charge is 2.53. The van der Waals surface area contributed by atoms with E-state index in [2.05, 4.69) is 62.0 Å².